The molecule has 0 saturated carbocycles. The highest BCUT2D eigenvalue weighted by molar-refractivity contribution is 5.98. The second-order valence-corrected chi connectivity index (χ2v) is 17.7. The summed E-state index contributed by atoms with van der Waals surface area (Å²) in [4.78, 5) is 2.48. The lowest BCUT2D eigenvalue weighted by atomic mass is 9.79. The lowest BCUT2D eigenvalue weighted by Gasteiger charge is -2.30. The molecule has 0 aromatic heterocycles. The summed E-state index contributed by atoms with van der Waals surface area (Å²) in [5.41, 5.74) is 23.7. The molecule has 2 aliphatic rings. The van der Waals surface area contributed by atoms with Gasteiger partial charge in [-0.2, -0.15) is 0 Å². The minimum Gasteiger partial charge on any atom is -0.310 e. The quantitative estimate of drug-likeness (QED) is 0.156. The Hall–Kier alpha value is -7.22. The standard InChI is InChI=1S/C60H47N/c1-59(2)54-30-15-12-25-49(54)51-38-37-43(39-56(51)59)61(42-35-33-41(34-36-42)45-28-18-29-53-50-26-13-16-31-55(50)60(3,4)58(45)53)57-32-17-14-27-52(57)48-24-11-10-23-47(48)46-22-9-8-21-44(46)40-19-6-5-7-20-40/h5-39H,1-4H3. The number of anilines is 3. The Morgan fingerprint density at radius 2 is 0.721 bits per heavy atom. The van der Waals surface area contributed by atoms with Crippen molar-refractivity contribution in [3.05, 3.63) is 235 Å². The molecule has 1 heteroatoms. The van der Waals surface area contributed by atoms with E-state index in [0.717, 1.165) is 17.1 Å². The maximum Gasteiger partial charge on any atom is 0.0540 e. The molecule has 0 bridgehead atoms. The van der Waals surface area contributed by atoms with Crippen molar-refractivity contribution in [1.82, 2.24) is 0 Å². The van der Waals surface area contributed by atoms with Gasteiger partial charge < -0.3 is 4.90 Å². The van der Waals surface area contributed by atoms with Crippen LogP contribution in [0, 0.1) is 0 Å². The number of rotatable bonds is 7. The van der Waals surface area contributed by atoms with Crippen LogP contribution in [-0.2, 0) is 10.8 Å². The summed E-state index contributed by atoms with van der Waals surface area (Å²) in [6, 6.07) is 78.5. The number of para-hydroxylation sites is 1. The van der Waals surface area contributed by atoms with Gasteiger partial charge in [-0.3, -0.25) is 0 Å². The number of nitrogens with zero attached hydrogens (tertiary/aromatic N) is 1. The van der Waals surface area contributed by atoms with E-state index in [1.54, 1.807) is 0 Å². The first-order valence-electron chi connectivity index (χ1n) is 21.5. The van der Waals surface area contributed by atoms with E-state index in [1.807, 2.05) is 0 Å². The molecule has 1 nitrogen and oxygen atoms in total. The van der Waals surface area contributed by atoms with Crippen LogP contribution in [0.15, 0.2) is 212 Å². The monoisotopic (exact) mass is 781 g/mol. The molecule has 9 aromatic rings. The summed E-state index contributed by atoms with van der Waals surface area (Å²) < 4.78 is 0. The van der Waals surface area contributed by atoms with Crippen LogP contribution in [-0.4, -0.2) is 0 Å². The first kappa shape index (κ1) is 36.8. The van der Waals surface area contributed by atoms with E-state index in [2.05, 4.69) is 245 Å². The number of benzene rings is 9. The van der Waals surface area contributed by atoms with E-state index in [0.29, 0.717) is 0 Å². The Morgan fingerprint density at radius 1 is 0.279 bits per heavy atom. The van der Waals surface area contributed by atoms with Crippen LogP contribution >= 0.6 is 0 Å². The van der Waals surface area contributed by atoms with E-state index in [4.69, 9.17) is 0 Å². The summed E-state index contributed by atoms with van der Waals surface area (Å²) in [5.74, 6) is 0. The van der Waals surface area contributed by atoms with Crippen LogP contribution < -0.4 is 4.90 Å². The summed E-state index contributed by atoms with van der Waals surface area (Å²) in [6.45, 7) is 9.48. The molecule has 0 N–H and O–H groups in total. The fourth-order valence-electron chi connectivity index (χ4n) is 10.6. The van der Waals surface area contributed by atoms with Gasteiger partial charge >= 0.3 is 0 Å². The molecule has 11 rings (SSSR count). The molecule has 0 saturated heterocycles. The number of hydrogen-bond donors (Lipinski definition) is 0. The largest absolute Gasteiger partial charge is 0.310 e. The predicted molar refractivity (Wildman–Crippen MR) is 258 cm³/mol. The van der Waals surface area contributed by atoms with Crippen molar-refractivity contribution in [2.24, 2.45) is 0 Å². The molecule has 0 spiro atoms. The molecule has 2 aliphatic carbocycles. The Labute approximate surface area is 360 Å². The molecule has 0 amide bonds. The lowest BCUT2D eigenvalue weighted by molar-refractivity contribution is 0.660. The van der Waals surface area contributed by atoms with Gasteiger partial charge in [0.2, 0.25) is 0 Å². The molecule has 0 fully saturated rings. The topological polar surface area (TPSA) is 3.24 Å². The van der Waals surface area contributed by atoms with Crippen molar-refractivity contribution in [3.63, 3.8) is 0 Å². The SMILES string of the molecule is CC1(C)c2ccccc2-c2ccc(N(c3ccc(-c4cccc5c4C(C)(C)c4ccccc4-5)cc3)c3ccccc3-c3ccccc3-c3ccccc3-c3ccccc3)cc21. The first-order valence-corrected chi connectivity index (χ1v) is 21.5. The van der Waals surface area contributed by atoms with Gasteiger partial charge in [0.1, 0.15) is 0 Å². The third kappa shape index (κ3) is 5.83. The summed E-state index contributed by atoms with van der Waals surface area (Å²) in [7, 11) is 0. The Bertz CT molecular complexity index is 3130. The van der Waals surface area contributed by atoms with E-state index < -0.39 is 0 Å². The lowest BCUT2D eigenvalue weighted by Crippen LogP contribution is -2.17. The smallest absolute Gasteiger partial charge is 0.0540 e. The first-order chi connectivity index (χ1) is 29.8. The minimum atomic E-state index is -0.136. The van der Waals surface area contributed by atoms with Gasteiger partial charge in [0, 0.05) is 27.8 Å². The van der Waals surface area contributed by atoms with E-state index in [9.17, 15) is 0 Å². The van der Waals surface area contributed by atoms with Gasteiger partial charge in [-0.15, -0.1) is 0 Å². The second-order valence-electron chi connectivity index (χ2n) is 17.7. The highest BCUT2D eigenvalue weighted by Crippen LogP contribution is 2.54. The van der Waals surface area contributed by atoms with Crippen molar-refractivity contribution in [2.75, 3.05) is 4.90 Å². The fourth-order valence-corrected chi connectivity index (χ4v) is 10.6. The number of fused-ring (bicyclic) bond motifs is 6. The van der Waals surface area contributed by atoms with Crippen LogP contribution in [0.3, 0.4) is 0 Å². The van der Waals surface area contributed by atoms with Crippen LogP contribution in [0.1, 0.15) is 49.9 Å². The van der Waals surface area contributed by atoms with Crippen LogP contribution in [0.4, 0.5) is 17.1 Å². The average molecular weight is 782 g/mol. The molecule has 9 aromatic carbocycles. The zero-order chi connectivity index (χ0) is 41.3. The molecule has 61 heavy (non-hydrogen) atoms. The summed E-state index contributed by atoms with van der Waals surface area (Å²) >= 11 is 0. The molecule has 0 atom stereocenters. The van der Waals surface area contributed by atoms with Crippen LogP contribution in [0.5, 0.6) is 0 Å². The summed E-state index contributed by atoms with van der Waals surface area (Å²) in [5, 5.41) is 0. The van der Waals surface area contributed by atoms with Gasteiger partial charge in [0.25, 0.3) is 0 Å². The highest BCUT2D eigenvalue weighted by Gasteiger charge is 2.38. The highest BCUT2D eigenvalue weighted by atomic mass is 15.1. The van der Waals surface area contributed by atoms with Crippen molar-refractivity contribution in [1.29, 1.82) is 0 Å². The van der Waals surface area contributed by atoms with Gasteiger partial charge in [0.05, 0.1) is 5.69 Å². The molecule has 0 heterocycles. The molecule has 0 radical (unpaired) electrons. The average Bonchev–Trinajstić information content (AvgIpc) is 3.69. The predicted octanol–water partition coefficient (Wildman–Crippen LogP) is 16.4. The Kier molecular flexibility index (Phi) is 8.58. The molecule has 292 valence electrons. The third-order valence-electron chi connectivity index (χ3n) is 13.5. The molecular formula is C60H47N. The maximum atomic E-state index is 2.48. The van der Waals surface area contributed by atoms with E-state index in [1.165, 1.54) is 89.0 Å². The van der Waals surface area contributed by atoms with E-state index >= 15 is 0 Å². The molecule has 0 unspecified atom stereocenters. The minimum absolute atomic E-state index is 0.104. The van der Waals surface area contributed by atoms with Gasteiger partial charge in [-0.05, 0) is 114 Å². The van der Waals surface area contributed by atoms with Gasteiger partial charge in [-0.1, -0.05) is 210 Å². The van der Waals surface area contributed by atoms with Crippen molar-refractivity contribution in [2.45, 2.75) is 38.5 Å². The van der Waals surface area contributed by atoms with Crippen molar-refractivity contribution in [3.8, 4) is 66.8 Å². The van der Waals surface area contributed by atoms with Crippen molar-refractivity contribution >= 4 is 17.1 Å². The Balaban J connectivity index is 1.09. The van der Waals surface area contributed by atoms with E-state index in [-0.39, 0.29) is 10.8 Å². The zero-order valence-electron chi connectivity index (χ0n) is 35.2. The maximum absolute atomic E-state index is 2.48. The zero-order valence-corrected chi connectivity index (χ0v) is 35.2. The van der Waals surface area contributed by atoms with Crippen LogP contribution in [0.2, 0.25) is 0 Å². The summed E-state index contributed by atoms with van der Waals surface area (Å²) in [6.07, 6.45) is 0. The van der Waals surface area contributed by atoms with Gasteiger partial charge in [-0.25, -0.2) is 0 Å². The third-order valence-corrected chi connectivity index (χ3v) is 13.5. The Morgan fingerprint density at radius 3 is 1.41 bits per heavy atom. The van der Waals surface area contributed by atoms with Crippen molar-refractivity contribution < 1.29 is 0 Å². The number of hydrogen-bond acceptors (Lipinski definition) is 1. The fraction of sp³-hybridized carbons (Fsp3) is 0.100. The van der Waals surface area contributed by atoms with Crippen LogP contribution in [0.25, 0.3) is 66.8 Å². The molecule has 0 aliphatic heterocycles. The van der Waals surface area contributed by atoms with Gasteiger partial charge in [0.15, 0.2) is 0 Å². The second kappa shape index (κ2) is 14.2. The molecular weight excluding hydrogens is 735 g/mol. The normalized spacial score (nSPS) is 13.8.